The topological polar surface area (TPSA) is 79.0 Å². The summed E-state index contributed by atoms with van der Waals surface area (Å²) in [5, 5.41) is 18.4. The molecule has 0 fully saturated rings. The van der Waals surface area contributed by atoms with Gasteiger partial charge in [0.05, 0.1) is 12.2 Å². The van der Waals surface area contributed by atoms with Crippen molar-refractivity contribution in [3.8, 4) is 29.1 Å². The molecule has 1 N–H and O–H groups in total. The second kappa shape index (κ2) is 5.83. The molecular formula is C14H13N3O2. The van der Waals surface area contributed by atoms with Crippen molar-refractivity contribution in [2.75, 3.05) is 6.61 Å². The van der Waals surface area contributed by atoms with E-state index in [2.05, 4.69) is 9.97 Å². The molecule has 2 aromatic rings. The van der Waals surface area contributed by atoms with Crippen LogP contribution < -0.4 is 4.74 Å². The van der Waals surface area contributed by atoms with Crippen LogP contribution in [0.5, 0.6) is 11.6 Å². The van der Waals surface area contributed by atoms with E-state index < -0.39 is 0 Å². The van der Waals surface area contributed by atoms with Crippen LogP contribution in [0.2, 0.25) is 0 Å². The fraction of sp³-hybridized carbons (Fsp3) is 0.214. The number of para-hydroxylation sites is 1. The van der Waals surface area contributed by atoms with Crippen molar-refractivity contribution in [2.24, 2.45) is 0 Å². The lowest BCUT2D eigenvalue weighted by molar-refractivity contribution is 0.318. The van der Waals surface area contributed by atoms with Crippen LogP contribution in [0.4, 0.5) is 0 Å². The molecule has 0 saturated heterocycles. The van der Waals surface area contributed by atoms with Gasteiger partial charge in [-0.25, -0.2) is 4.98 Å². The fourth-order valence-corrected chi connectivity index (χ4v) is 1.60. The molecule has 96 valence electrons. The minimum absolute atomic E-state index is 0.118. The second-order valence-electron chi connectivity index (χ2n) is 3.89. The Kier molecular flexibility index (Phi) is 3.94. The summed E-state index contributed by atoms with van der Waals surface area (Å²) >= 11 is 0. The van der Waals surface area contributed by atoms with Gasteiger partial charge in [-0.2, -0.15) is 10.2 Å². The van der Waals surface area contributed by atoms with Crippen molar-refractivity contribution < 1.29 is 9.84 Å². The van der Waals surface area contributed by atoms with Crippen molar-refractivity contribution in [1.29, 1.82) is 5.26 Å². The van der Waals surface area contributed by atoms with Crippen molar-refractivity contribution in [3.05, 3.63) is 36.0 Å². The van der Waals surface area contributed by atoms with Gasteiger partial charge in [-0.1, -0.05) is 19.1 Å². The molecule has 0 unspecified atom stereocenters. The maximum absolute atomic E-state index is 9.51. The average Bonchev–Trinajstić information content (AvgIpc) is 2.44. The number of aromatic hydroxyl groups is 1. The highest BCUT2D eigenvalue weighted by molar-refractivity contribution is 5.64. The molecule has 0 bridgehead atoms. The lowest BCUT2D eigenvalue weighted by Gasteiger charge is -2.09. The Hall–Kier alpha value is -2.61. The summed E-state index contributed by atoms with van der Waals surface area (Å²) in [6.07, 6.45) is 0.888. The van der Waals surface area contributed by atoms with Crippen molar-refractivity contribution in [3.63, 3.8) is 0 Å². The number of hydrogen-bond acceptors (Lipinski definition) is 5. The molecule has 1 aromatic carbocycles. The van der Waals surface area contributed by atoms with Crippen molar-refractivity contribution >= 4 is 0 Å². The second-order valence-corrected chi connectivity index (χ2v) is 3.89. The molecule has 1 aromatic heterocycles. The average molecular weight is 255 g/mol. The van der Waals surface area contributed by atoms with E-state index in [0.29, 0.717) is 17.9 Å². The number of nitrogens with zero attached hydrogens (tertiary/aromatic N) is 3. The summed E-state index contributed by atoms with van der Waals surface area (Å²) in [5.74, 6) is 0.689. The predicted molar refractivity (Wildman–Crippen MR) is 69.6 cm³/mol. The quantitative estimate of drug-likeness (QED) is 0.908. The van der Waals surface area contributed by atoms with Gasteiger partial charge >= 0.3 is 0 Å². The smallest absolute Gasteiger partial charge is 0.215 e. The zero-order chi connectivity index (χ0) is 13.7. The molecular weight excluding hydrogens is 242 g/mol. The van der Waals surface area contributed by atoms with E-state index in [-0.39, 0.29) is 17.4 Å². The Morgan fingerprint density at radius 2 is 2.11 bits per heavy atom. The van der Waals surface area contributed by atoms with E-state index in [4.69, 9.17) is 10.00 Å². The lowest BCUT2D eigenvalue weighted by atomic mass is 10.2. The summed E-state index contributed by atoms with van der Waals surface area (Å²) in [4.78, 5) is 8.01. The normalized spacial score (nSPS) is 9.89. The number of hydrogen-bond donors (Lipinski definition) is 1. The van der Waals surface area contributed by atoms with Gasteiger partial charge in [0, 0.05) is 6.07 Å². The third-order valence-electron chi connectivity index (χ3n) is 2.42. The van der Waals surface area contributed by atoms with Crippen LogP contribution in [-0.2, 0) is 0 Å². The molecule has 5 nitrogen and oxygen atoms in total. The van der Waals surface area contributed by atoms with E-state index in [9.17, 15) is 5.11 Å². The molecule has 0 saturated carbocycles. The number of benzene rings is 1. The SMILES string of the molecule is CCCOc1ccccc1-c1nc(O)cc(C#N)n1. The molecule has 0 spiro atoms. The summed E-state index contributed by atoms with van der Waals surface area (Å²) in [5.41, 5.74) is 0.774. The molecule has 19 heavy (non-hydrogen) atoms. The highest BCUT2D eigenvalue weighted by Crippen LogP contribution is 2.28. The van der Waals surface area contributed by atoms with Crippen LogP contribution in [0.3, 0.4) is 0 Å². The van der Waals surface area contributed by atoms with Gasteiger partial charge < -0.3 is 9.84 Å². The lowest BCUT2D eigenvalue weighted by Crippen LogP contribution is -1.99. The minimum atomic E-state index is -0.230. The largest absolute Gasteiger partial charge is 0.493 e. The zero-order valence-corrected chi connectivity index (χ0v) is 10.5. The molecule has 1 heterocycles. The summed E-state index contributed by atoms with van der Waals surface area (Å²) < 4.78 is 5.61. The Morgan fingerprint density at radius 3 is 2.84 bits per heavy atom. The maximum Gasteiger partial charge on any atom is 0.215 e. The molecule has 0 radical (unpaired) electrons. The first-order valence-corrected chi connectivity index (χ1v) is 5.95. The van der Waals surface area contributed by atoms with Crippen LogP contribution >= 0.6 is 0 Å². The van der Waals surface area contributed by atoms with Crippen molar-refractivity contribution in [2.45, 2.75) is 13.3 Å². The standard InChI is InChI=1S/C14H13N3O2/c1-2-7-19-12-6-4-3-5-11(12)14-16-10(9-15)8-13(18)17-14/h3-6,8H,2,7H2,1H3,(H,16,17,18). The Bertz CT molecular complexity index is 620. The van der Waals surface area contributed by atoms with Crippen LogP contribution in [0.15, 0.2) is 30.3 Å². The maximum atomic E-state index is 9.51. The van der Waals surface area contributed by atoms with Gasteiger partial charge in [-0.15, -0.1) is 0 Å². The van der Waals surface area contributed by atoms with Crippen LogP contribution in [0.1, 0.15) is 19.0 Å². The predicted octanol–water partition coefficient (Wildman–Crippen LogP) is 2.51. The van der Waals surface area contributed by atoms with Gasteiger partial charge in [-0.3, -0.25) is 0 Å². The van der Waals surface area contributed by atoms with E-state index >= 15 is 0 Å². The first-order valence-electron chi connectivity index (χ1n) is 5.95. The molecule has 0 atom stereocenters. The molecule has 5 heteroatoms. The number of rotatable bonds is 4. The number of ether oxygens (including phenoxy) is 1. The first kappa shape index (κ1) is 12.8. The zero-order valence-electron chi connectivity index (χ0n) is 10.5. The Morgan fingerprint density at radius 1 is 1.32 bits per heavy atom. The van der Waals surface area contributed by atoms with Crippen molar-refractivity contribution in [1.82, 2.24) is 9.97 Å². The monoisotopic (exact) mass is 255 g/mol. The molecule has 0 aliphatic heterocycles. The van der Waals surface area contributed by atoms with Gasteiger partial charge in [-0.05, 0) is 18.6 Å². The first-order chi connectivity index (χ1) is 9.24. The molecule has 0 aliphatic rings. The summed E-state index contributed by atoms with van der Waals surface area (Å²) in [6, 6.07) is 10.4. The number of aromatic nitrogens is 2. The van der Waals surface area contributed by atoms with E-state index in [0.717, 1.165) is 6.42 Å². The van der Waals surface area contributed by atoms with Crippen LogP contribution in [0.25, 0.3) is 11.4 Å². The van der Waals surface area contributed by atoms with Gasteiger partial charge in [0.2, 0.25) is 5.88 Å². The highest BCUT2D eigenvalue weighted by atomic mass is 16.5. The summed E-state index contributed by atoms with van der Waals surface area (Å²) in [6.45, 7) is 2.60. The highest BCUT2D eigenvalue weighted by Gasteiger charge is 2.11. The van der Waals surface area contributed by atoms with Crippen LogP contribution in [-0.4, -0.2) is 21.7 Å². The number of nitriles is 1. The van der Waals surface area contributed by atoms with E-state index in [1.165, 1.54) is 6.07 Å². The third-order valence-corrected chi connectivity index (χ3v) is 2.42. The van der Waals surface area contributed by atoms with Crippen LogP contribution in [0, 0.1) is 11.3 Å². The Labute approximate surface area is 111 Å². The van der Waals surface area contributed by atoms with E-state index in [1.54, 1.807) is 6.07 Å². The van der Waals surface area contributed by atoms with Gasteiger partial charge in [0.25, 0.3) is 0 Å². The van der Waals surface area contributed by atoms with Gasteiger partial charge in [0.1, 0.15) is 17.5 Å². The summed E-state index contributed by atoms with van der Waals surface area (Å²) in [7, 11) is 0. The molecule has 2 rings (SSSR count). The molecule has 0 amide bonds. The third kappa shape index (κ3) is 2.99. The molecule has 0 aliphatic carbocycles. The fourth-order valence-electron chi connectivity index (χ4n) is 1.60. The Balaban J connectivity index is 2.46. The van der Waals surface area contributed by atoms with E-state index in [1.807, 2.05) is 31.2 Å². The van der Waals surface area contributed by atoms with Gasteiger partial charge in [0.15, 0.2) is 5.82 Å². The minimum Gasteiger partial charge on any atom is -0.493 e.